The number of hydrogen-bond donors (Lipinski definition) is 2. The van der Waals surface area contributed by atoms with Crippen molar-refractivity contribution >= 4 is 17.6 Å². The number of anilines is 1. The largest absolute Gasteiger partial charge is 0.474 e. The van der Waals surface area contributed by atoms with Gasteiger partial charge in [0.15, 0.2) is 0 Å². The molecule has 168 valence electrons. The first-order chi connectivity index (χ1) is 15.0. The van der Waals surface area contributed by atoms with E-state index < -0.39 is 0 Å². The van der Waals surface area contributed by atoms with Crippen LogP contribution in [-0.2, 0) is 9.47 Å². The maximum absolute atomic E-state index is 12.2. The molecule has 0 saturated carbocycles. The Morgan fingerprint density at radius 3 is 2.77 bits per heavy atom. The molecule has 3 aliphatic rings. The van der Waals surface area contributed by atoms with Crippen LogP contribution in [0.25, 0.3) is 0 Å². The molecule has 0 radical (unpaired) electrons. The smallest absolute Gasteiger partial charge is 0.409 e. The summed E-state index contributed by atoms with van der Waals surface area (Å²) in [6, 6.07) is 2.35. The number of rotatable bonds is 3. The molecule has 1 saturated heterocycles. The molecule has 0 atom stereocenters. The van der Waals surface area contributed by atoms with Gasteiger partial charge in [-0.25, -0.2) is 9.78 Å². The Morgan fingerprint density at radius 2 is 2.03 bits per heavy atom. The Hall–Kier alpha value is -2.81. The number of aromatic nitrogens is 1. The summed E-state index contributed by atoms with van der Waals surface area (Å²) in [5.41, 5.74) is 4.61. The predicted molar refractivity (Wildman–Crippen MR) is 117 cm³/mol. The Labute approximate surface area is 182 Å². The van der Waals surface area contributed by atoms with Crippen LogP contribution in [-0.4, -0.2) is 74.4 Å². The quantitative estimate of drug-likeness (QED) is 0.562. The van der Waals surface area contributed by atoms with Gasteiger partial charge in [-0.3, -0.25) is 5.41 Å². The molecular formula is C22H31N5O4. The van der Waals surface area contributed by atoms with Crippen LogP contribution in [0.4, 0.5) is 10.5 Å². The molecule has 2 N–H and O–H groups in total. The van der Waals surface area contributed by atoms with Gasteiger partial charge in [-0.1, -0.05) is 0 Å². The van der Waals surface area contributed by atoms with Crippen LogP contribution < -0.4 is 15.0 Å². The molecule has 9 heteroatoms. The van der Waals surface area contributed by atoms with Gasteiger partial charge in [0.05, 0.1) is 20.2 Å². The lowest BCUT2D eigenvalue weighted by Crippen LogP contribution is -2.47. The van der Waals surface area contributed by atoms with E-state index >= 15 is 0 Å². The second-order valence-electron chi connectivity index (χ2n) is 8.19. The van der Waals surface area contributed by atoms with E-state index in [4.69, 9.17) is 19.6 Å². The number of methoxy groups -OCH3 is 1. The molecule has 0 spiro atoms. The third-order valence-corrected chi connectivity index (χ3v) is 6.19. The third-order valence-electron chi connectivity index (χ3n) is 6.19. The molecule has 1 fully saturated rings. The Bertz CT molecular complexity index is 894. The summed E-state index contributed by atoms with van der Waals surface area (Å²) in [5, 5.41) is 12.8. The van der Waals surface area contributed by atoms with Crippen LogP contribution in [0.3, 0.4) is 0 Å². The van der Waals surface area contributed by atoms with Gasteiger partial charge in [-0.15, -0.1) is 0 Å². The van der Waals surface area contributed by atoms with Crippen molar-refractivity contribution in [2.75, 3.05) is 51.5 Å². The zero-order valence-corrected chi connectivity index (χ0v) is 18.5. The Morgan fingerprint density at radius 1 is 1.26 bits per heavy atom. The van der Waals surface area contributed by atoms with Crippen LogP contribution in [0, 0.1) is 19.3 Å². The van der Waals surface area contributed by atoms with E-state index in [1.165, 1.54) is 7.11 Å². The van der Waals surface area contributed by atoms with E-state index in [0.717, 1.165) is 54.3 Å². The highest BCUT2D eigenvalue weighted by Gasteiger charge is 2.32. The fourth-order valence-corrected chi connectivity index (χ4v) is 4.23. The summed E-state index contributed by atoms with van der Waals surface area (Å²) in [6.07, 6.45) is 2.17. The number of aryl methyl sites for hydroxylation is 2. The zero-order valence-electron chi connectivity index (χ0n) is 18.5. The summed E-state index contributed by atoms with van der Waals surface area (Å²) in [7, 11) is 1.39. The second-order valence-corrected chi connectivity index (χ2v) is 8.19. The fraction of sp³-hybridized carbons (Fsp3) is 0.591. The lowest BCUT2D eigenvalue weighted by atomic mass is 10.0. The topological polar surface area (TPSA) is 100 Å². The first kappa shape index (κ1) is 21.4. The minimum Gasteiger partial charge on any atom is -0.474 e. The highest BCUT2D eigenvalue weighted by molar-refractivity contribution is 6.09. The normalized spacial score (nSPS) is 19.6. The van der Waals surface area contributed by atoms with E-state index in [2.05, 4.69) is 10.3 Å². The number of carbonyl (C=O) groups is 1. The maximum atomic E-state index is 12.2. The monoisotopic (exact) mass is 429 g/mol. The molecule has 0 unspecified atom stereocenters. The highest BCUT2D eigenvalue weighted by atomic mass is 16.5. The number of amides is 1. The third kappa shape index (κ3) is 4.46. The van der Waals surface area contributed by atoms with Crippen molar-refractivity contribution in [3.05, 3.63) is 28.6 Å². The molecule has 1 aromatic heterocycles. The van der Waals surface area contributed by atoms with Crippen molar-refractivity contribution in [2.24, 2.45) is 0 Å². The number of amidine groups is 1. The first-order valence-corrected chi connectivity index (χ1v) is 10.8. The predicted octanol–water partition coefficient (Wildman–Crippen LogP) is 2.37. The number of fused-ring (bicyclic) bond motifs is 1. The number of ether oxygens (including phenoxy) is 3. The Balaban J connectivity index is 1.66. The molecule has 31 heavy (non-hydrogen) atoms. The van der Waals surface area contributed by atoms with Gasteiger partial charge >= 0.3 is 6.09 Å². The van der Waals surface area contributed by atoms with Crippen LogP contribution in [0.15, 0.2) is 17.3 Å². The summed E-state index contributed by atoms with van der Waals surface area (Å²) < 4.78 is 16.2. The number of hydrogen-bond acceptors (Lipinski definition) is 7. The van der Waals surface area contributed by atoms with E-state index in [9.17, 15) is 4.79 Å². The van der Waals surface area contributed by atoms with Crippen molar-refractivity contribution in [1.29, 1.82) is 5.41 Å². The van der Waals surface area contributed by atoms with Gasteiger partial charge < -0.3 is 29.3 Å². The van der Waals surface area contributed by atoms with Crippen LogP contribution in [0.2, 0.25) is 0 Å². The second kappa shape index (κ2) is 9.13. The summed E-state index contributed by atoms with van der Waals surface area (Å²) in [4.78, 5) is 20.4. The van der Waals surface area contributed by atoms with E-state index in [-0.39, 0.29) is 6.09 Å². The summed E-state index contributed by atoms with van der Waals surface area (Å²) in [6.45, 7) is 7.37. The molecule has 4 heterocycles. The first-order valence-electron chi connectivity index (χ1n) is 10.8. The van der Waals surface area contributed by atoms with Crippen LogP contribution in [0.1, 0.15) is 30.5 Å². The molecule has 0 aromatic carbocycles. The minimum absolute atomic E-state index is 0.319. The van der Waals surface area contributed by atoms with Crippen molar-refractivity contribution in [3.63, 3.8) is 0 Å². The summed E-state index contributed by atoms with van der Waals surface area (Å²) in [5.74, 6) is 0.928. The number of nitrogens with zero attached hydrogens (tertiary/aromatic N) is 3. The van der Waals surface area contributed by atoms with Gasteiger partial charge in [0.1, 0.15) is 18.1 Å². The number of carbonyl (C=O) groups excluding carboxylic acids is 1. The van der Waals surface area contributed by atoms with Gasteiger partial charge in [-0.2, -0.15) is 0 Å². The molecule has 1 aromatic rings. The molecule has 3 aliphatic heterocycles. The van der Waals surface area contributed by atoms with E-state index in [1.54, 1.807) is 4.90 Å². The fourth-order valence-electron chi connectivity index (χ4n) is 4.23. The van der Waals surface area contributed by atoms with Crippen LogP contribution >= 0.6 is 0 Å². The molecular weight excluding hydrogens is 398 g/mol. The molecule has 1 amide bonds. The minimum atomic E-state index is -0.370. The van der Waals surface area contributed by atoms with Gasteiger partial charge in [0, 0.05) is 49.2 Å². The van der Waals surface area contributed by atoms with E-state index in [0.29, 0.717) is 50.4 Å². The zero-order chi connectivity index (χ0) is 22.0. The molecule has 4 rings (SSSR count). The summed E-state index contributed by atoms with van der Waals surface area (Å²) >= 11 is 0. The van der Waals surface area contributed by atoms with Gasteiger partial charge in [0.25, 0.3) is 0 Å². The SMILES string of the molecule is COC(=O)N1CCC(NC2CCOCC2)=C(C(=N)N2CCOc3nc(C)c(C)cc32)C1. The van der Waals surface area contributed by atoms with Crippen molar-refractivity contribution < 1.29 is 19.0 Å². The van der Waals surface area contributed by atoms with Crippen molar-refractivity contribution in [2.45, 2.75) is 39.2 Å². The van der Waals surface area contributed by atoms with Crippen LogP contribution in [0.5, 0.6) is 5.88 Å². The lowest BCUT2D eigenvalue weighted by molar-refractivity contribution is 0.0796. The van der Waals surface area contributed by atoms with Crippen molar-refractivity contribution in [1.82, 2.24) is 15.2 Å². The number of pyridine rings is 1. The molecule has 0 bridgehead atoms. The molecule has 9 nitrogen and oxygen atoms in total. The van der Waals surface area contributed by atoms with Gasteiger partial charge in [-0.05, 0) is 38.3 Å². The maximum Gasteiger partial charge on any atom is 0.409 e. The lowest BCUT2D eigenvalue weighted by Gasteiger charge is -2.37. The average Bonchev–Trinajstić information content (AvgIpc) is 2.79. The number of nitrogens with one attached hydrogen (secondary N) is 2. The average molecular weight is 430 g/mol. The molecule has 0 aliphatic carbocycles. The standard InChI is InChI=1S/C22H31N5O4/c1-14-12-19-21(24-15(14)2)31-11-8-27(19)20(23)17-13-26(22(28)29-3)7-4-18(17)25-16-5-9-30-10-6-16/h12,16,23,25H,4-11,13H2,1-3H3. The highest BCUT2D eigenvalue weighted by Crippen LogP contribution is 2.33. The van der Waals surface area contributed by atoms with Gasteiger partial charge in [0.2, 0.25) is 5.88 Å². The van der Waals surface area contributed by atoms with E-state index in [1.807, 2.05) is 24.8 Å². The Kier molecular flexibility index (Phi) is 6.31. The van der Waals surface area contributed by atoms with Crippen molar-refractivity contribution in [3.8, 4) is 5.88 Å².